The van der Waals surface area contributed by atoms with Crippen LogP contribution in [0, 0.1) is 0 Å². The van der Waals surface area contributed by atoms with Gasteiger partial charge in [0.25, 0.3) is 0 Å². The molecule has 0 aliphatic carbocycles. The molecule has 1 unspecified atom stereocenters. The monoisotopic (exact) mass is 416 g/mol. The summed E-state index contributed by atoms with van der Waals surface area (Å²) in [6.07, 6.45) is 2.20. The Bertz CT molecular complexity index is 605. The molecule has 1 N–H and O–H groups in total. The van der Waals surface area contributed by atoms with Crippen molar-refractivity contribution in [3.63, 3.8) is 0 Å². The van der Waals surface area contributed by atoms with Gasteiger partial charge in [-0.3, -0.25) is 0 Å². The van der Waals surface area contributed by atoms with Crippen molar-refractivity contribution in [2.24, 2.45) is 0 Å². The molecule has 106 valence electrons. The van der Waals surface area contributed by atoms with Gasteiger partial charge in [0.15, 0.2) is 0 Å². The Morgan fingerprint density at radius 1 is 1.30 bits per heavy atom. The first-order chi connectivity index (χ1) is 9.63. The number of hydrogen-bond donors (Lipinski definition) is 1. The summed E-state index contributed by atoms with van der Waals surface area (Å²) < 4.78 is 7.54. The van der Waals surface area contributed by atoms with Crippen LogP contribution in [0.2, 0.25) is 0 Å². The molecule has 2 nitrogen and oxygen atoms in total. The zero-order valence-corrected chi connectivity index (χ0v) is 14.7. The molecule has 1 aromatic heterocycles. The van der Waals surface area contributed by atoms with Gasteiger partial charge >= 0.3 is 0 Å². The van der Waals surface area contributed by atoms with E-state index in [0.29, 0.717) is 0 Å². The minimum atomic E-state index is -0.410. The molecular formula is C15H14Br2O2S. The molecule has 1 atom stereocenters. The molecule has 0 bridgehead atoms. The molecule has 0 radical (unpaired) electrons. The molecule has 0 saturated carbocycles. The molecule has 0 saturated heterocycles. The van der Waals surface area contributed by atoms with E-state index in [-0.39, 0.29) is 0 Å². The lowest BCUT2D eigenvalue weighted by molar-refractivity contribution is 0.171. The molecule has 1 aliphatic rings. The van der Waals surface area contributed by atoms with Gasteiger partial charge in [0.05, 0.1) is 16.5 Å². The third-order valence-corrected chi connectivity index (χ3v) is 6.81. The second kappa shape index (κ2) is 6.18. The number of aryl methyl sites for hydroxylation is 1. The largest absolute Gasteiger partial charge is 0.493 e. The van der Waals surface area contributed by atoms with Crippen LogP contribution in [-0.4, -0.2) is 11.7 Å². The molecule has 20 heavy (non-hydrogen) atoms. The smallest absolute Gasteiger partial charge is 0.122 e. The van der Waals surface area contributed by atoms with E-state index in [1.807, 2.05) is 12.1 Å². The van der Waals surface area contributed by atoms with Crippen molar-refractivity contribution >= 4 is 43.2 Å². The fraction of sp³-hybridized carbons (Fsp3) is 0.333. The van der Waals surface area contributed by atoms with Crippen molar-refractivity contribution in [3.8, 4) is 5.75 Å². The number of rotatable bonds is 4. The number of ether oxygens (including phenoxy) is 1. The van der Waals surface area contributed by atoms with Gasteiger partial charge < -0.3 is 9.84 Å². The number of thiophene rings is 1. The second-order valence-corrected chi connectivity index (χ2v) is 8.12. The van der Waals surface area contributed by atoms with E-state index in [1.165, 1.54) is 11.1 Å². The first-order valence-corrected chi connectivity index (χ1v) is 8.91. The molecule has 1 aromatic carbocycles. The van der Waals surface area contributed by atoms with Gasteiger partial charge in [-0.25, -0.2) is 0 Å². The summed E-state index contributed by atoms with van der Waals surface area (Å²) in [5.41, 5.74) is 2.56. The Kier molecular flexibility index (Phi) is 4.50. The predicted molar refractivity (Wildman–Crippen MR) is 88.6 cm³/mol. The minimum Gasteiger partial charge on any atom is -0.493 e. The minimum absolute atomic E-state index is 0.410. The van der Waals surface area contributed by atoms with Crippen LogP contribution < -0.4 is 4.74 Å². The highest BCUT2D eigenvalue weighted by atomic mass is 79.9. The SMILES string of the molecule is OC(CCc1ccc2c(c1)CCO2)c1cc(Br)c(Br)s1. The van der Waals surface area contributed by atoms with Crippen LogP contribution in [0.4, 0.5) is 0 Å². The van der Waals surface area contributed by atoms with Crippen LogP contribution in [-0.2, 0) is 12.8 Å². The maximum atomic E-state index is 10.3. The van der Waals surface area contributed by atoms with E-state index in [0.717, 1.165) is 44.8 Å². The van der Waals surface area contributed by atoms with Crippen LogP contribution in [0.25, 0.3) is 0 Å². The van der Waals surface area contributed by atoms with E-state index in [1.54, 1.807) is 11.3 Å². The molecule has 0 fully saturated rings. The number of aliphatic hydroxyl groups is 1. The van der Waals surface area contributed by atoms with Gasteiger partial charge in [0.2, 0.25) is 0 Å². The summed E-state index contributed by atoms with van der Waals surface area (Å²) in [4.78, 5) is 0.994. The van der Waals surface area contributed by atoms with Crippen molar-refractivity contribution in [2.75, 3.05) is 6.61 Å². The zero-order valence-electron chi connectivity index (χ0n) is 10.7. The van der Waals surface area contributed by atoms with E-state index in [2.05, 4.69) is 44.0 Å². The molecule has 0 amide bonds. The van der Waals surface area contributed by atoms with Crippen molar-refractivity contribution in [1.29, 1.82) is 0 Å². The van der Waals surface area contributed by atoms with Gasteiger partial charge in [0, 0.05) is 15.8 Å². The van der Waals surface area contributed by atoms with Crippen LogP contribution in [0.5, 0.6) is 5.75 Å². The fourth-order valence-electron chi connectivity index (χ4n) is 2.37. The van der Waals surface area contributed by atoms with Crippen LogP contribution >= 0.6 is 43.2 Å². The Balaban J connectivity index is 1.64. The third-order valence-electron chi connectivity index (χ3n) is 3.45. The Morgan fingerprint density at radius 2 is 2.15 bits per heavy atom. The summed E-state index contributed by atoms with van der Waals surface area (Å²) in [7, 11) is 0. The molecule has 2 aromatic rings. The van der Waals surface area contributed by atoms with Crippen molar-refractivity contribution in [3.05, 3.63) is 48.5 Å². The van der Waals surface area contributed by atoms with E-state index >= 15 is 0 Å². The molecule has 5 heteroatoms. The number of hydrogen-bond acceptors (Lipinski definition) is 3. The fourth-order valence-corrected chi connectivity index (χ4v) is 4.48. The van der Waals surface area contributed by atoms with E-state index in [4.69, 9.17) is 4.74 Å². The van der Waals surface area contributed by atoms with E-state index < -0.39 is 6.10 Å². The average Bonchev–Trinajstić information content (AvgIpc) is 3.03. The molecule has 3 rings (SSSR count). The number of halogens is 2. The first kappa shape index (κ1) is 14.6. The first-order valence-electron chi connectivity index (χ1n) is 6.51. The number of benzene rings is 1. The summed E-state index contributed by atoms with van der Waals surface area (Å²) in [5, 5.41) is 10.3. The van der Waals surface area contributed by atoms with Crippen LogP contribution in [0.1, 0.15) is 28.5 Å². The predicted octanol–water partition coefficient (Wildman–Crippen LogP) is 4.87. The van der Waals surface area contributed by atoms with Gasteiger partial charge in [-0.2, -0.15) is 0 Å². The van der Waals surface area contributed by atoms with E-state index in [9.17, 15) is 5.11 Å². The normalized spacial score (nSPS) is 14.9. The highest BCUT2D eigenvalue weighted by molar-refractivity contribution is 9.13. The molecule has 0 spiro atoms. The lowest BCUT2D eigenvalue weighted by atomic mass is 10.0. The summed E-state index contributed by atoms with van der Waals surface area (Å²) in [6.45, 7) is 0.790. The maximum Gasteiger partial charge on any atom is 0.122 e. The standard InChI is InChI=1S/C15H14Br2O2S/c16-11-8-14(20-15(11)17)12(18)3-1-9-2-4-13-10(7-9)5-6-19-13/h2,4,7-8,12,18H,1,3,5-6H2. The van der Waals surface area contributed by atoms with Gasteiger partial charge in [0.1, 0.15) is 5.75 Å². The Morgan fingerprint density at radius 3 is 2.90 bits per heavy atom. The third kappa shape index (κ3) is 3.11. The van der Waals surface area contributed by atoms with Crippen molar-refractivity contribution in [2.45, 2.75) is 25.4 Å². The highest BCUT2D eigenvalue weighted by Gasteiger charge is 2.15. The van der Waals surface area contributed by atoms with Gasteiger partial charge in [-0.1, -0.05) is 12.1 Å². The van der Waals surface area contributed by atoms with Crippen LogP contribution in [0.3, 0.4) is 0 Å². The lowest BCUT2D eigenvalue weighted by Crippen LogP contribution is -1.97. The lowest BCUT2D eigenvalue weighted by Gasteiger charge is -2.09. The second-order valence-electron chi connectivity index (χ2n) is 4.87. The quantitative estimate of drug-likeness (QED) is 0.768. The molecule has 1 aliphatic heterocycles. The van der Waals surface area contributed by atoms with Crippen molar-refractivity contribution < 1.29 is 9.84 Å². The Labute approximate surface area is 139 Å². The number of aliphatic hydroxyl groups excluding tert-OH is 1. The van der Waals surface area contributed by atoms with Crippen molar-refractivity contribution in [1.82, 2.24) is 0 Å². The highest BCUT2D eigenvalue weighted by Crippen LogP contribution is 2.37. The average molecular weight is 418 g/mol. The number of fused-ring (bicyclic) bond motifs is 1. The molecular weight excluding hydrogens is 404 g/mol. The van der Waals surface area contributed by atoms with Crippen LogP contribution in [0.15, 0.2) is 32.5 Å². The summed E-state index contributed by atoms with van der Waals surface area (Å²) in [5.74, 6) is 1.01. The van der Waals surface area contributed by atoms with Gasteiger partial charge in [-0.05, 0) is 68.0 Å². The summed E-state index contributed by atoms with van der Waals surface area (Å²) in [6, 6.07) is 8.32. The van der Waals surface area contributed by atoms with Gasteiger partial charge in [-0.15, -0.1) is 11.3 Å². The Hall–Kier alpha value is -0.360. The summed E-state index contributed by atoms with van der Waals surface area (Å²) >= 11 is 8.49. The molecule has 2 heterocycles. The zero-order chi connectivity index (χ0) is 14.1. The maximum absolute atomic E-state index is 10.3. The topological polar surface area (TPSA) is 29.5 Å².